The van der Waals surface area contributed by atoms with Crippen molar-refractivity contribution in [2.24, 2.45) is 0 Å². The van der Waals surface area contributed by atoms with Crippen LogP contribution in [0.25, 0.3) is 0 Å². The second-order valence-corrected chi connectivity index (χ2v) is 7.17. The first kappa shape index (κ1) is 15.7. The Hall–Kier alpha value is -0.640. The van der Waals surface area contributed by atoms with Crippen LogP contribution in [0.4, 0.5) is 0 Å². The van der Waals surface area contributed by atoms with E-state index in [1.807, 2.05) is 11.3 Å². The minimum atomic E-state index is 0.409. The molecular weight excluding hydrogens is 330 g/mol. The molecule has 0 fully saturated rings. The van der Waals surface area contributed by atoms with Crippen LogP contribution in [0.3, 0.4) is 0 Å². The summed E-state index contributed by atoms with van der Waals surface area (Å²) in [5.74, 6) is 0. The summed E-state index contributed by atoms with van der Waals surface area (Å²) in [6.07, 6.45) is 2.22. The predicted octanol–water partition coefficient (Wildman–Crippen LogP) is 5.41. The van der Waals surface area contributed by atoms with Crippen LogP contribution in [0.15, 0.2) is 34.1 Å². The molecule has 2 rings (SSSR count). The minimum Gasteiger partial charge on any atom is -0.309 e. The number of halogens is 1. The number of rotatable bonds is 6. The van der Waals surface area contributed by atoms with E-state index >= 15 is 0 Å². The maximum Gasteiger partial charge on any atom is 0.0456 e. The fourth-order valence-electron chi connectivity index (χ4n) is 2.34. The molecule has 1 N–H and O–H groups in total. The van der Waals surface area contributed by atoms with E-state index in [1.165, 1.54) is 26.0 Å². The topological polar surface area (TPSA) is 12.0 Å². The quantitative estimate of drug-likeness (QED) is 0.733. The first-order valence-electron chi connectivity index (χ1n) is 7.13. The van der Waals surface area contributed by atoms with Crippen molar-refractivity contribution in [1.82, 2.24) is 5.32 Å². The van der Waals surface area contributed by atoms with Crippen molar-refractivity contribution >= 4 is 27.3 Å². The summed E-state index contributed by atoms with van der Waals surface area (Å²) in [6, 6.07) is 9.38. The van der Waals surface area contributed by atoms with Crippen LogP contribution in [0.1, 0.15) is 41.0 Å². The van der Waals surface area contributed by atoms with Crippen molar-refractivity contribution in [3.05, 3.63) is 55.7 Å². The van der Waals surface area contributed by atoms with Crippen LogP contribution < -0.4 is 5.32 Å². The van der Waals surface area contributed by atoms with Gasteiger partial charge in [-0.1, -0.05) is 30.7 Å². The first-order chi connectivity index (χ1) is 9.60. The van der Waals surface area contributed by atoms with Gasteiger partial charge in [-0.25, -0.2) is 0 Å². The lowest BCUT2D eigenvalue weighted by Crippen LogP contribution is -2.23. The molecular formula is C17H22BrNS. The third kappa shape index (κ3) is 4.18. The molecule has 0 aliphatic carbocycles. The minimum absolute atomic E-state index is 0.409. The molecule has 0 spiro atoms. The Bertz CT molecular complexity index is 562. The van der Waals surface area contributed by atoms with E-state index in [0.717, 1.165) is 19.4 Å². The first-order valence-corrected chi connectivity index (χ1v) is 8.81. The molecule has 0 amide bonds. The Labute approximate surface area is 134 Å². The molecule has 1 nitrogen and oxygen atoms in total. The molecule has 20 heavy (non-hydrogen) atoms. The smallest absolute Gasteiger partial charge is 0.0456 e. The number of hydrogen-bond donors (Lipinski definition) is 1. The van der Waals surface area contributed by atoms with Gasteiger partial charge in [0.05, 0.1) is 0 Å². The van der Waals surface area contributed by atoms with Crippen molar-refractivity contribution in [3.63, 3.8) is 0 Å². The molecule has 108 valence electrons. The van der Waals surface area contributed by atoms with Gasteiger partial charge in [-0.2, -0.15) is 0 Å². The third-order valence-corrected chi connectivity index (χ3v) is 5.31. The van der Waals surface area contributed by atoms with Gasteiger partial charge in [0, 0.05) is 20.8 Å². The van der Waals surface area contributed by atoms with Crippen LogP contribution in [0.5, 0.6) is 0 Å². The highest BCUT2D eigenvalue weighted by atomic mass is 79.9. The molecule has 1 aromatic carbocycles. The van der Waals surface area contributed by atoms with Gasteiger partial charge in [-0.05, 0) is 66.4 Å². The van der Waals surface area contributed by atoms with E-state index in [2.05, 4.69) is 71.7 Å². The van der Waals surface area contributed by atoms with Crippen LogP contribution in [0.2, 0.25) is 0 Å². The van der Waals surface area contributed by atoms with Gasteiger partial charge in [0.25, 0.3) is 0 Å². The maximum absolute atomic E-state index is 3.68. The second kappa shape index (κ2) is 7.39. The summed E-state index contributed by atoms with van der Waals surface area (Å²) in [7, 11) is 0. The van der Waals surface area contributed by atoms with E-state index in [4.69, 9.17) is 0 Å². The zero-order valence-electron chi connectivity index (χ0n) is 12.4. The van der Waals surface area contributed by atoms with Crippen LogP contribution in [-0.2, 0) is 6.42 Å². The molecule has 0 saturated carbocycles. The fraction of sp³-hybridized carbons (Fsp3) is 0.412. The van der Waals surface area contributed by atoms with E-state index in [0.29, 0.717) is 6.04 Å². The number of hydrogen-bond acceptors (Lipinski definition) is 2. The zero-order chi connectivity index (χ0) is 14.5. The highest BCUT2D eigenvalue weighted by Crippen LogP contribution is 2.29. The monoisotopic (exact) mass is 351 g/mol. The number of aryl methyl sites for hydroxylation is 2. The van der Waals surface area contributed by atoms with Gasteiger partial charge in [-0.3, -0.25) is 0 Å². The Morgan fingerprint density at radius 1 is 1.25 bits per heavy atom. The largest absolute Gasteiger partial charge is 0.309 e. The lowest BCUT2D eigenvalue weighted by Gasteiger charge is -2.19. The molecule has 1 aromatic heterocycles. The fourth-order valence-corrected chi connectivity index (χ4v) is 3.86. The van der Waals surface area contributed by atoms with Gasteiger partial charge in [0.1, 0.15) is 0 Å². The summed E-state index contributed by atoms with van der Waals surface area (Å²) in [5, 5.41) is 5.85. The summed E-state index contributed by atoms with van der Waals surface area (Å²) in [6.45, 7) is 7.65. The van der Waals surface area contributed by atoms with Crippen molar-refractivity contribution in [2.75, 3.05) is 6.54 Å². The van der Waals surface area contributed by atoms with Crippen molar-refractivity contribution in [1.29, 1.82) is 0 Å². The zero-order valence-corrected chi connectivity index (χ0v) is 14.8. The lowest BCUT2D eigenvalue weighted by atomic mass is 9.98. The lowest BCUT2D eigenvalue weighted by molar-refractivity contribution is 0.535. The predicted molar refractivity (Wildman–Crippen MR) is 92.7 cm³/mol. The molecule has 1 atom stereocenters. The van der Waals surface area contributed by atoms with Crippen molar-refractivity contribution in [2.45, 2.75) is 39.7 Å². The van der Waals surface area contributed by atoms with E-state index in [9.17, 15) is 0 Å². The Morgan fingerprint density at radius 3 is 2.70 bits per heavy atom. The van der Waals surface area contributed by atoms with Gasteiger partial charge >= 0.3 is 0 Å². The highest BCUT2D eigenvalue weighted by molar-refractivity contribution is 9.10. The summed E-state index contributed by atoms with van der Waals surface area (Å²) in [4.78, 5) is 1.41. The molecule has 0 bridgehead atoms. The van der Waals surface area contributed by atoms with Gasteiger partial charge in [0.2, 0.25) is 0 Å². The maximum atomic E-state index is 3.68. The standard InChI is InChI=1S/C17H22BrNS/c1-4-7-19-16(17-10-15(18)11-20-17)9-14-8-12(2)5-6-13(14)3/h5-6,8,10-11,16,19H,4,7,9H2,1-3H3. The summed E-state index contributed by atoms with van der Waals surface area (Å²) in [5.41, 5.74) is 4.17. The Kier molecular flexibility index (Phi) is 5.82. The summed E-state index contributed by atoms with van der Waals surface area (Å²) < 4.78 is 1.18. The molecule has 0 saturated heterocycles. The van der Waals surface area contributed by atoms with Gasteiger partial charge < -0.3 is 5.32 Å². The molecule has 1 heterocycles. The SMILES string of the molecule is CCCNC(Cc1cc(C)ccc1C)c1cc(Br)cs1. The third-order valence-electron chi connectivity index (χ3n) is 3.50. The molecule has 2 aromatic rings. The van der Waals surface area contributed by atoms with Gasteiger partial charge in [0.15, 0.2) is 0 Å². The van der Waals surface area contributed by atoms with Crippen LogP contribution in [0, 0.1) is 13.8 Å². The second-order valence-electron chi connectivity index (χ2n) is 5.31. The number of thiophene rings is 1. The van der Waals surface area contributed by atoms with E-state index in [1.54, 1.807) is 0 Å². The Balaban J connectivity index is 2.21. The van der Waals surface area contributed by atoms with Crippen LogP contribution >= 0.6 is 27.3 Å². The summed E-state index contributed by atoms with van der Waals surface area (Å²) >= 11 is 5.39. The van der Waals surface area contributed by atoms with Crippen molar-refractivity contribution < 1.29 is 0 Å². The number of nitrogens with one attached hydrogen (secondary N) is 1. The van der Waals surface area contributed by atoms with E-state index in [-0.39, 0.29) is 0 Å². The highest BCUT2D eigenvalue weighted by Gasteiger charge is 2.15. The normalized spacial score (nSPS) is 12.6. The molecule has 0 aliphatic heterocycles. The molecule has 3 heteroatoms. The molecule has 1 unspecified atom stereocenters. The Morgan fingerprint density at radius 2 is 2.05 bits per heavy atom. The van der Waals surface area contributed by atoms with Gasteiger partial charge in [-0.15, -0.1) is 11.3 Å². The van der Waals surface area contributed by atoms with Crippen molar-refractivity contribution in [3.8, 4) is 0 Å². The molecule has 0 aliphatic rings. The van der Waals surface area contributed by atoms with Crippen LogP contribution in [-0.4, -0.2) is 6.54 Å². The average molecular weight is 352 g/mol. The molecule has 0 radical (unpaired) electrons. The number of benzene rings is 1. The van der Waals surface area contributed by atoms with E-state index < -0.39 is 0 Å². The average Bonchev–Trinajstić information content (AvgIpc) is 2.85.